The molecule has 2 amide bonds. The summed E-state index contributed by atoms with van der Waals surface area (Å²) in [5, 5.41) is 3.09. The normalized spacial score (nSPS) is 16.9. The maximum absolute atomic E-state index is 12.1. The Labute approximate surface area is 142 Å². The number of amides is 2. The fraction of sp³-hybridized carbons (Fsp3) is 0.562. The van der Waals surface area contributed by atoms with E-state index in [9.17, 15) is 9.59 Å². The van der Waals surface area contributed by atoms with Crippen molar-refractivity contribution in [1.82, 2.24) is 15.1 Å². The van der Waals surface area contributed by atoms with Gasteiger partial charge in [0.1, 0.15) is 5.70 Å². The van der Waals surface area contributed by atoms with Crippen molar-refractivity contribution in [3.63, 3.8) is 0 Å². The molecule has 1 fully saturated rings. The van der Waals surface area contributed by atoms with Crippen LogP contribution in [-0.2, 0) is 9.59 Å². The van der Waals surface area contributed by atoms with Crippen molar-refractivity contribution in [2.24, 2.45) is 4.99 Å². The monoisotopic (exact) mass is 340 g/mol. The number of hydrogen-bond acceptors (Lipinski definition) is 4. The molecule has 6 nitrogen and oxygen atoms in total. The quantitative estimate of drug-likeness (QED) is 0.587. The molecule has 0 saturated carbocycles. The molecule has 1 rings (SSSR count). The molecule has 0 aromatic rings. The van der Waals surface area contributed by atoms with Crippen LogP contribution < -0.4 is 5.32 Å². The third-order valence-corrected chi connectivity index (χ3v) is 3.72. The lowest BCUT2D eigenvalue weighted by Gasteiger charge is -2.36. The topological polar surface area (TPSA) is 65.0 Å². The van der Waals surface area contributed by atoms with Crippen LogP contribution in [0.15, 0.2) is 28.4 Å². The highest BCUT2D eigenvalue weighted by Gasteiger charge is 2.22. The van der Waals surface area contributed by atoms with E-state index in [4.69, 9.17) is 11.6 Å². The average Bonchev–Trinajstić information content (AvgIpc) is 2.51. The van der Waals surface area contributed by atoms with Gasteiger partial charge in [-0.2, -0.15) is 0 Å². The van der Waals surface area contributed by atoms with Crippen LogP contribution in [0.25, 0.3) is 0 Å². The van der Waals surface area contributed by atoms with E-state index in [1.165, 1.54) is 6.21 Å². The molecule has 1 aliphatic rings. The molecule has 0 bridgehead atoms. The van der Waals surface area contributed by atoms with Gasteiger partial charge in [0.05, 0.1) is 6.54 Å². The van der Waals surface area contributed by atoms with E-state index >= 15 is 0 Å². The van der Waals surface area contributed by atoms with Crippen molar-refractivity contribution >= 4 is 29.6 Å². The van der Waals surface area contributed by atoms with Gasteiger partial charge in [0.15, 0.2) is 0 Å². The second kappa shape index (κ2) is 9.47. The zero-order chi connectivity index (χ0) is 17.4. The van der Waals surface area contributed by atoms with Crippen molar-refractivity contribution in [2.45, 2.75) is 26.8 Å². The van der Waals surface area contributed by atoms with Gasteiger partial charge in [-0.05, 0) is 26.8 Å². The summed E-state index contributed by atoms with van der Waals surface area (Å²) in [6.07, 6.45) is 2.95. The van der Waals surface area contributed by atoms with Crippen molar-refractivity contribution in [3.05, 3.63) is 23.4 Å². The minimum absolute atomic E-state index is 0.0385. The molecule has 0 aromatic heterocycles. The van der Waals surface area contributed by atoms with Gasteiger partial charge in [-0.25, -0.2) is 0 Å². The first-order chi connectivity index (χ1) is 10.8. The third kappa shape index (κ3) is 6.97. The Bertz CT molecular complexity index is 502. The number of piperazine rings is 1. The van der Waals surface area contributed by atoms with E-state index in [1.807, 2.05) is 0 Å². The van der Waals surface area contributed by atoms with Crippen LogP contribution in [0.5, 0.6) is 0 Å². The molecule has 1 heterocycles. The van der Waals surface area contributed by atoms with Gasteiger partial charge in [-0.15, -0.1) is 0 Å². The first-order valence-electron chi connectivity index (χ1n) is 7.66. The minimum atomic E-state index is -0.462. The van der Waals surface area contributed by atoms with Crippen LogP contribution in [0.4, 0.5) is 0 Å². The van der Waals surface area contributed by atoms with Crippen LogP contribution in [0.3, 0.4) is 0 Å². The average molecular weight is 341 g/mol. The van der Waals surface area contributed by atoms with Crippen LogP contribution in [-0.4, -0.2) is 66.6 Å². The molecule has 0 unspecified atom stereocenters. The number of allylic oxidation sites excluding steroid dienone is 2. The number of hydrogen-bond donors (Lipinski definition) is 1. The Morgan fingerprint density at radius 2 is 1.91 bits per heavy atom. The third-order valence-electron chi connectivity index (χ3n) is 3.59. The number of carbonyl (C=O) groups is 2. The summed E-state index contributed by atoms with van der Waals surface area (Å²) in [5.74, 6) is -0.550. The van der Waals surface area contributed by atoms with Crippen LogP contribution >= 0.6 is 11.6 Å². The molecular formula is C16H25ClN4O2. The highest BCUT2D eigenvalue weighted by molar-refractivity contribution is 6.30. The number of aliphatic imine (C=N–C) groups is 1. The fourth-order valence-corrected chi connectivity index (χ4v) is 2.20. The molecule has 7 heteroatoms. The number of rotatable bonds is 6. The van der Waals surface area contributed by atoms with Crippen molar-refractivity contribution < 1.29 is 9.59 Å². The molecule has 0 aromatic carbocycles. The number of nitrogens with one attached hydrogen (secondary N) is 1. The first-order valence-corrected chi connectivity index (χ1v) is 8.04. The summed E-state index contributed by atoms with van der Waals surface area (Å²) in [7, 11) is 0. The molecule has 1 saturated heterocycles. The fourth-order valence-electron chi connectivity index (χ4n) is 2.15. The van der Waals surface area contributed by atoms with Crippen molar-refractivity contribution in [1.29, 1.82) is 0 Å². The van der Waals surface area contributed by atoms with E-state index in [0.717, 1.165) is 13.1 Å². The van der Waals surface area contributed by atoms with Crippen molar-refractivity contribution in [3.8, 4) is 0 Å². The van der Waals surface area contributed by atoms with Gasteiger partial charge >= 0.3 is 0 Å². The lowest BCUT2D eigenvalue weighted by Crippen LogP contribution is -2.52. The van der Waals surface area contributed by atoms with E-state index in [-0.39, 0.29) is 18.1 Å². The highest BCUT2D eigenvalue weighted by Crippen LogP contribution is 2.05. The highest BCUT2D eigenvalue weighted by atomic mass is 35.5. The van der Waals surface area contributed by atoms with Crippen LogP contribution in [0, 0.1) is 0 Å². The molecule has 23 heavy (non-hydrogen) atoms. The Hall–Kier alpha value is -1.66. The van der Waals surface area contributed by atoms with Gasteiger partial charge in [0.2, 0.25) is 5.91 Å². The van der Waals surface area contributed by atoms with Crippen molar-refractivity contribution in [2.75, 3.05) is 32.7 Å². The molecule has 1 aliphatic heterocycles. The lowest BCUT2D eigenvalue weighted by molar-refractivity contribution is -0.133. The summed E-state index contributed by atoms with van der Waals surface area (Å²) < 4.78 is 0. The summed E-state index contributed by atoms with van der Waals surface area (Å²) in [6, 6.07) is 0.485. The molecule has 128 valence electrons. The number of carbonyl (C=O) groups excluding carboxylic acids is 2. The van der Waals surface area contributed by atoms with Crippen LogP contribution in [0.2, 0.25) is 0 Å². The number of nitrogens with zero attached hydrogens (tertiary/aromatic N) is 3. The predicted molar refractivity (Wildman–Crippen MR) is 93.5 cm³/mol. The standard InChI is InChI=1S/C16H25ClN4O2/c1-12(2)20-7-9-21(10-8-20)15(22)11-19-16(23)14(4)18-6-5-13(3)17/h5-6,12H,4,7-11H2,1-3H3,(H,19,23)/b13-5+,18-6-. The second-order valence-electron chi connectivity index (χ2n) is 5.67. The van der Waals surface area contributed by atoms with Gasteiger partial charge in [-0.1, -0.05) is 18.2 Å². The maximum atomic E-state index is 12.1. The minimum Gasteiger partial charge on any atom is -0.342 e. The molecule has 1 N–H and O–H groups in total. The predicted octanol–water partition coefficient (Wildman–Crippen LogP) is 1.38. The number of halogens is 1. The lowest BCUT2D eigenvalue weighted by atomic mass is 10.2. The molecule has 0 aliphatic carbocycles. The smallest absolute Gasteiger partial charge is 0.269 e. The summed E-state index contributed by atoms with van der Waals surface area (Å²) in [5.41, 5.74) is 0.0385. The molecule has 0 spiro atoms. The van der Waals surface area contributed by atoms with Gasteiger partial charge in [0.25, 0.3) is 5.91 Å². The molecule has 0 radical (unpaired) electrons. The second-order valence-corrected chi connectivity index (χ2v) is 6.27. The Morgan fingerprint density at radius 1 is 1.30 bits per heavy atom. The maximum Gasteiger partial charge on any atom is 0.269 e. The van der Waals surface area contributed by atoms with Crippen LogP contribution in [0.1, 0.15) is 20.8 Å². The Kier molecular flexibility index (Phi) is 7.98. The zero-order valence-corrected chi connectivity index (χ0v) is 14.8. The van der Waals surface area contributed by atoms with Gasteiger partial charge < -0.3 is 10.2 Å². The first kappa shape index (κ1) is 19.4. The Morgan fingerprint density at radius 3 is 2.43 bits per heavy atom. The van der Waals surface area contributed by atoms with Gasteiger partial charge in [0, 0.05) is 43.5 Å². The SMILES string of the molecule is C=C(/N=C\C=C(/C)Cl)C(=O)NCC(=O)N1CCN(C(C)C)CC1. The van der Waals surface area contributed by atoms with E-state index in [2.05, 4.69) is 35.6 Å². The summed E-state index contributed by atoms with van der Waals surface area (Å²) in [6.45, 7) is 12.6. The molecular weight excluding hydrogens is 316 g/mol. The summed E-state index contributed by atoms with van der Waals surface area (Å²) in [4.78, 5) is 31.8. The van der Waals surface area contributed by atoms with E-state index in [0.29, 0.717) is 24.2 Å². The molecule has 0 atom stereocenters. The van der Waals surface area contributed by atoms with Gasteiger partial charge in [-0.3, -0.25) is 19.5 Å². The largest absolute Gasteiger partial charge is 0.342 e. The zero-order valence-electron chi connectivity index (χ0n) is 14.0. The Balaban J connectivity index is 2.36. The van der Waals surface area contributed by atoms with E-state index in [1.54, 1.807) is 17.9 Å². The van der Waals surface area contributed by atoms with E-state index < -0.39 is 5.91 Å². The summed E-state index contributed by atoms with van der Waals surface area (Å²) >= 11 is 5.65.